The molecule has 0 aliphatic rings. The molecular weight excluding hydrogens is 490 g/mol. The number of benzene rings is 3. The Morgan fingerprint density at radius 2 is 1.69 bits per heavy atom. The van der Waals surface area contributed by atoms with Gasteiger partial charge in [0.25, 0.3) is 15.9 Å². The molecule has 0 aliphatic carbocycles. The summed E-state index contributed by atoms with van der Waals surface area (Å²) in [5, 5.41) is 8.00. The van der Waals surface area contributed by atoms with Gasteiger partial charge >= 0.3 is 5.97 Å². The Kier molecular flexibility index (Phi) is 7.18. The summed E-state index contributed by atoms with van der Waals surface area (Å²) in [6, 6.07) is 21.8. The molecule has 4 aromatic rings. The highest BCUT2D eigenvalue weighted by atomic mass is 35.5. The topological polar surface area (TPSA) is 103 Å². The number of esters is 1. The van der Waals surface area contributed by atoms with Crippen LogP contribution in [0.4, 0.5) is 5.69 Å². The van der Waals surface area contributed by atoms with E-state index in [9.17, 15) is 13.2 Å². The predicted molar refractivity (Wildman–Crippen MR) is 132 cm³/mol. The number of hydrogen-bond acceptors (Lipinski definition) is 7. The van der Waals surface area contributed by atoms with Gasteiger partial charge in [0.15, 0.2) is 6.10 Å². The Hall–Kier alpha value is -3.69. The summed E-state index contributed by atoms with van der Waals surface area (Å²) in [6.45, 7) is 3.50. The van der Waals surface area contributed by atoms with Crippen LogP contribution in [-0.4, -0.2) is 31.1 Å². The van der Waals surface area contributed by atoms with Crippen molar-refractivity contribution in [1.82, 2.24) is 10.2 Å². The van der Waals surface area contributed by atoms with E-state index < -0.39 is 22.1 Å². The Bertz CT molecular complexity index is 1430. The second-order valence-corrected chi connectivity index (χ2v) is 9.78. The fraction of sp³-hybridized carbons (Fsp3) is 0.160. The van der Waals surface area contributed by atoms with Crippen LogP contribution in [0.25, 0.3) is 11.5 Å². The van der Waals surface area contributed by atoms with Gasteiger partial charge < -0.3 is 9.15 Å². The molecule has 0 fully saturated rings. The number of hydrogen-bond donors (Lipinski definition) is 0. The summed E-state index contributed by atoms with van der Waals surface area (Å²) in [4.78, 5) is 12.8. The second kappa shape index (κ2) is 10.3. The highest BCUT2D eigenvalue weighted by Crippen LogP contribution is 2.29. The van der Waals surface area contributed by atoms with Gasteiger partial charge in [0.2, 0.25) is 5.89 Å². The number of sulfonamides is 1. The molecule has 0 unspecified atom stereocenters. The van der Waals surface area contributed by atoms with Gasteiger partial charge in [-0.1, -0.05) is 48.0 Å². The number of nitrogens with zero attached hydrogens (tertiary/aromatic N) is 3. The van der Waals surface area contributed by atoms with E-state index in [0.29, 0.717) is 5.69 Å². The molecule has 0 saturated heterocycles. The maximum atomic E-state index is 13.3. The van der Waals surface area contributed by atoms with Crippen molar-refractivity contribution in [3.05, 3.63) is 95.3 Å². The highest BCUT2D eigenvalue weighted by Gasteiger charge is 2.27. The minimum Gasteiger partial charge on any atom is -0.449 e. The van der Waals surface area contributed by atoms with Crippen molar-refractivity contribution >= 4 is 33.3 Å². The molecule has 0 amide bonds. The monoisotopic (exact) mass is 511 g/mol. The third kappa shape index (κ3) is 5.21. The van der Waals surface area contributed by atoms with Gasteiger partial charge in [0.05, 0.1) is 21.2 Å². The lowest BCUT2D eigenvalue weighted by molar-refractivity contribution is 0.0280. The fourth-order valence-corrected chi connectivity index (χ4v) is 5.10. The lowest BCUT2D eigenvalue weighted by Gasteiger charge is -2.23. The first-order valence-corrected chi connectivity index (χ1v) is 12.6. The third-order valence-corrected chi connectivity index (χ3v) is 7.40. The first kappa shape index (κ1) is 24.4. The van der Waals surface area contributed by atoms with Crippen molar-refractivity contribution in [2.45, 2.75) is 24.8 Å². The molecule has 0 radical (unpaired) electrons. The van der Waals surface area contributed by atoms with Crippen molar-refractivity contribution in [2.24, 2.45) is 0 Å². The molecule has 10 heteroatoms. The number of aromatic nitrogens is 2. The average molecular weight is 512 g/mol. The average Bonchev–Trinajstić information content (AvgIpc) is 3.36. The Labute approximate surface area is 208 Å². The fourth-order valence-electron chi connectivity index (χ4n) is 3.40. The quantitative estimate of drug-likeness (QED) is 0.287. The Morgan fingerprint density at radius 3 is 2.34 bits per heavy atom. The normalized spacial score (nSPS) is 12.2. The highest BCUT2D eigenvalue weighted by molar-refractivity contribution is 7.92. The number of ether oxygens (including phenoxy) is 1. The van der Waals surface area contributed by atoms with Gasteiger partial charge in [-0.15, -0.1) is 10.2 Å². The maximum absolute atomic E-state index is 13.3. The number of carbonyl (C=O) groups excluding carboxylic acids is 1. The zero-order valence-corrected chi connectivity index (χ0v) is 20.5. The second-order valence-electron chi connectivity index (χ2n) is 7.51. The Morgan fingerprint density at radius 1 is 1.03 bits per heavy atom. The molecule has 180 valence electrons. The molecule has 0 bridgehead atoms. The number of para-hydroxylation sites is 1. The first-order valence-electron chi connectivity index (χ1n) is 10.8. The van der Waals surface area contributed by atoms with Crippen molar-refractivity contribution < 1.29 is 22.4 Å². The van der Waals surface area contributed by atoms with Gasteiger partial charge in [-0.2, -0.15) is 0 Å². The lowest BCUT2D eigenvalue weighted by atomic mass is 10.2. The molecule has 4 rings (SSSR count). The standard InChI is InChI=1S/C25H22ClN3O5S/c1-3-29(19-12-8-5-9-13-19)35(31,32)20-14-15-22(26)21(16-20)25(30)33-17(2)23-27-28-24(34-23)18-10-6-4-7-11-18/h4-17H,3H2,1-2H3/t17-/m0/s1. The van der Waals surface area contributed by atoms with Gasteiger partial charge in [-0.05, 0) is 56.3 Å². The van der Waals surface area contributed by atoms with E-state index in [4.69, 9.17) is 20.8 Å². The summed E-state index contributed by atoms with van der Waals surface area (Å²) >= 11 is 6.22. The minimum atomic E-state index is -3.96. The van der Waals surface area contributed by atoms with E-state index >= 15 is 0 Å². The smallest absolute Gasteiger partial charge is 0.340 e. The summed E-state index contributed by atoms with van der Waals surface area (Å²) in [5.74, 6) is -0.435. The van der Waals surface area contributed by atoms with E-state index in [2.05, 4.69) is 10.2 Å². The van der Waals surface area contributed by atoms with Gasteiger partial charge in [0, 0.05) is 12.1 Å². The molecule has 1 aromatic heterocycles. The number of carbonyl (C=O) groups is 1. The third-order valence-electron chi connectivity index (χ3n) is 5.17. The van der Waals surface area contributed by atoms with Crippen LogP contribution in [0.3, 0.4) is 0 Å². The summed E-state index contributed by atoms with van der Waals surface area (Å²) in [5.41, 5.74) is 1.14. The Balaban J connectivity index is 1.57. The van der Waals surface area contributed by atoms with Crippen LogP contribution in [-0.2, 0) is 14.8 Å². The lowest BCUT2D eigenvalue weighted by Crippen LogP contribution is -2.30. The van der Waals surface area contributed by atoms with Crippen molar-refractivity contribution in [1.29, 1.82) is 0 Å². The van der Waals surface area contributed by atoms with E-state index in [1.54, 1.807) is 44.2 Å². The molecule has 0 spiro atoms. The van der Waals surface area contributed by atoms with Crippen LogP contribution in [0.15, 0.2) is 88.2 Å². The minimum absolute atomic E-state index is 0.0550. The summed E-state index contributed by atoms with van der Waals surface area (Å²) in [6.07, 6.45) is -0.889. The first-order chi connectivity index (χ1) is 16.8. The molecule has 3 aromatic carbocycles. The molecule has 8 nitrogen and oxygen atoms in total. The van der Waals surface area contributed by atoms with E-state index in [1.807, 2.05) is 30.3 Å². The number of halogens is 1. The molecule has 0 N–H and O–H groups in total. The van der Waals surface area contributed by atoms with Gasteiger partial charge in [-0.25, -0.2) is 13.2 Å². The largest absolute Gasteiger partial charge is 0.449 e. The number of rotatable bonds is 8. The molecule has 35 heavy (non-hydrogen) atoms. The van der Waals surface area contributed by atoms with Crippen LogP contribution >= 0.6 is 11.6 Å². The van der Waals surface area contributed by atoms with Crippen LogP contribution in [0.2, 0.25) is 5.02 Å². The predicted octanol–water partition coefficient (Wildman–Crippen LogP) is 5.52. The van der Waals surface area contributed by atoms with Crippen LogP contribution in [0.1, 0.15) is 36.2 Å². The number of anilines is 1. The van der Waals surface area contributed by atoms with Crippen molar-refractivity contribution in [3.8, 4) is 11.5 Å². The van der Waals surface area contributed by atoms with Crippen molar-refractivity contribution in [2.75, 3.05) is 10.8 Å². The summed E-state index contributed by atoms with van der Waals surface area (Å²) < 4.78 is 39.0. The van der Waals surface area contributed by atoms with Crippen molar-refractivity contribution in [3.63, 3.8) is 0 Å². The maximum Gasteiger partial charge on any atom is 0.340 e. The van der Waals surface area contributed by atoms with E-state index in [0.717, 1.165) is 5.56 Å². The molecule has 0 aliphatic heterocycles. The SMILES string of the molecule is CCN(c1ccccc1)S(=O)(=O)c1ccc(Cl)c(C(=O)O[C@@H](C)c2nnc(-c3ccccc3)o2)c1. The molecule has 1 atom stereocenters. The zero-order chi connectivity index (χ0) is 25.0. The van der Waals surface area contributed by atoms with Gasteiger partial charge in [-0.3, -0.25) is 4.31 Å². The summed E-state index contributed by atoms with van der Waals surface area (Å²) in [7, 11) is -3.96. The van der Waals surface area contributed by atoms with Crippen LogP contribution in [0, 0.1) is 0 Å². The van der Waals surface area contributed by atoms with Gasteiger partial charge in [0.1, 0.15) is 0 Å². The van der Waals surface area contributed by atoms with E-state index in [-0.39, 0.29) is 33.8 Å². The molecular formula is C25H22ClN3O5S. The van der Waals surface area contributed by atoms with Crippen LogP contribution in [0.5, 0.6) is 0 Å². The van der Waals surface area contributed by atoms with Crippen LogP contribution < -0.4 is 4.31 Å². The zero-order valence-electron chi connectivity index (χ0n) is 19.0. The van der Waals surface area contributed by atoms with E-state index in [1.165, 1.54) is 22.5 Å². The molecule has 0 saturated carbocycles. The molecule has 1 heterocycles.